The van der Waals surface area contributed by atoms with E-state index in [0.29, 0.717) is 19.4 Å². The van der Waals surface area contributed by atoms with E-state index in [1.54, 1.807) is 12.1 Å². The normalized spacial score (nSPS) is 12.7. The molecule has 0 bridgehead atoms. The first kappa shape index (κ1) is 20.6. The Bertz CT molecular complexity index is 658. The first-order chi connectivity index (χ1) is 12.5. The van der Waals surface area contributed by atoms with Gasteiger partial charge in [-0.05, 0) is 57.1 Å². The van der Waals surface area contributed by atoms with Crippen LogP contribution >= 0.6 is 0 Å². The number of halogens is 1. The van der Waals surface area contributed by atoms with Crippen molar-refractivity contribution in [2.24, 2.45) is 0 Å². The molecule has 0 radical (unpaired) electrons. The third-order valence-corrected chi connectivity index (χ3v) is 4.48. The third kappa shape index (κ3) is 5.90. The van der Waals surface area contributed by atoms with Crippen LogP contribution < -0.4 is 0 Å². The number of aliphatic hydroxyl groups excluding tert-OH is 2. The van der Waals surface area contributed by atoms with Crippen molar-refractivity contribution in [2.45, 2.75) is 51.8 Å². The highest BCUT2D eigenvalue weighted by Gasteiger charge is 2.15. The van der Waals surface area contributed by atoms with Gasteiger partial charge in [-0.3, -0.25) is 4.68 Å². The third-order valence-electron chi connectivity index (χ3n) is 4.48. The number of hydrogen-bond donors (Lipinski definition) is 2. The molecule has 0 saturated carbocycles. The van der Waals surface area contributed by atoms with Crippen LogP contribution in [0, 0.1) is 5.82 Å². The highest BCUT2D eigenvalue weighted by atomic mass is 19.1. The summed E-state index contributed by atoms with van der Waals surface area (Å²) in [7, 11) is 2.10. The van der Waals surface area contributed by atoms with Crippen LogP contribution in [-0.4, -0.2) is 51.2 Å². The van der Waals surface area contributed by atoms with Gasteiger partial charge in [0.25, 0.3) is 0 Å². The minimum atomic E-state index is -0.695. The molecular formula is C20H30FN3O2. The summed E-state index contributed by atoms with van der Waals surface area (Å²) in [6, 6.07) is 6.49. The molecule has 5 nitrogen and oxygen atoms in total. The van der Waals surface area contributed by atoms with Crippen molar-refractivity contribution in [2.75, 3.05) is 20.2 Å². The minimum absolute atomic E-state index is 0.225. The molecule has 0 saturated heterocycles. The molecule has 1 aromatic heterocycles. The lowest BCUT2D eigenvalue weighted by atomic mass is 10.1. The molecule has 0 aliphatic rings. The maximum absolute atomic E-state index is 13.3. The number of benzene rings is 1. The van der Waals surface area contributed by atoms with Gasteiger partial charge >= 0.3 is 0 Å². The van der Waals surface area contributed by atoms with Gasteiger partial charge in [0.1, 0.15) is 5.82 Å². The van der Waals surface area contributed by atoms with E-state index in [9.17, 15) is 9.50 Å². The second-order valence-corrected chi connectivity index (χ2v) is 6.82. The maximum atomic E-state index is 13.3. The van der Waals surface area contributed by atoms with Gasteiger partial charge in [0.05, 0.1) is 24.6 Å². The molecule has 0 spiro atoms. The predicted molar refractivity (Wildman–Crippen MR) is 101 cm³/mol. The molecule has 1 aromatic carbocycles. The minimum Gasteiger partial charge on any atom is -0.394 e. The van der Waals surface area contributed by atoms with Crippen LogP contribution in [0.25, 0.3) is 11.3 Å². The van der Waals surface area contributed by atoms with Crippen LogP contribution in [-0.2, 0) is 13.1 Å². The molecule has 2 N–H and O–H groups in total. The van der Waals surface area contributed by atoms with E-state index in [-0.39, 0.29) is 12.4 Å². The molecular weight excluding hydrogens is 333 g/mol. The Morgan fingerprint density at radius 2 is 1.96 bits per heavy atom. The number of hydrogen-bond acceptors (Lipinski definition) is 4. The molecule has 1 heterocycles. The van der Waals surface area contributed by atoms with Gasteiger partial charge in [0.2, 0.25) is 0 Å². The fraction of sp³-hybridized carbons (Fsp3) is 0.550. The van der Waals surface area contributed by atoms with Crippen molar-refractivity contribution in [3.05, 3.63) is 41.8 Å². The smallest absolute Gasteiger partial charge is 0.123 e. The van der Waals surface area contributed by atoms with E-state index in [1.807, 2.05) is 10.9 Å². The molecule has 2 rings (SSSR count). The van der Waals surface area contributed by atoms with Gasteiger partial charge in [-0.2, -0.15) is 5.10 Å². The number of aliphatic hydroxyl groups is 2. The molecule has 0 aliphatic heterocycles. The Morgan fingerprint density at radius 1 is 1.23 bits per heavy atom. The summed E-state index contributed by atoms with van der Waals surface area (Å²) < 4.78 is 15.2. The summed E-state index contributed by atoms with van der Waals surface area (Å²) >= 11 is 0. The van der Waals surface area contributed by atoms with Crippen molar-refractivity contribution in [1.82, 2.24) is 14.7 Å². The summed E-state index contributed by atoms with van der Waals surface area (Å²) in [5.41, 5.74) is 3.04. The van der Waals surface area contributed by atoms with Gasteiger partial charge in [-0.15, -0.1) is 0 Å². The second-order valence-electron chi connectivity index (χ2n) is 6.82. The van der Waals surface area contributed by atoms with Crippen molar-refractivity contribution >= 4 is 0 Å². The summed E-state index contributed by atoms with van der Waals surface area (Å²) in [6.07, 6.45) is 4.72. The number of unbranched alkanes of at least 4 members (excludes halogenated alkanes) is 1. The predicted octanol–water partition coefficient (Wildman–Crippen LogP) is 3.05. The lowest BCUT2D eigenvalue weighted by Crippen LogP contribution is -2.19. The monoisotopic (exact) mass is 363 g/mol. The molecule has 1 unspecified atom stereocenters. The Labute approximate surface area is 155 Å². The molecule has 26 heavy (non-hydrogen) atoms. The van der Waals surface area contributed by atoms with Crippen LogP contribution in [0.5, 0.6) is 0 Å². The zero-order valence-corrected chi connectivity index (χ0v) is 15.7. The zero-order valence-electron chi connectivity index (χ0n) is 15.7. The number of rotatable bonds is 11. The first-order valence-electron chi connectivity index (χ1n) is 9.33. The average Bonchev–Trinajstić information content (AvgIpc) is 3.02. The van der Waals surface area contributed by atoms with Gasteiger partial charge in [0.15, 0.2) is 0 Å². The summed E-state index contributed by atoms with van der Waals surface area (Å²) in [5, 5.41) is 23.0. The second kappa shape index (κ2) is 10.4. The average molecular weight is 363 g/mol. The van der Waals surface area contributed by atoms with Gasteiger partial charge < -0.3 is 15.1 Å². The van der Waals surface area contributed by atoms with Crippen LogP contribution in [0.2, 0.25) is 0 Å². The largest absolute Gasteiger partial charge is 0.394 e. The van der Waals surface area contributed by atoms with Crippen LogP contribution in [0.15, 0.2) is 30.5 Å². The summed E-state index contributed by atoms with van der Waals surface area (Å²) in [5.74, 6) is -0.257. The van der Waals surface area contributed by atoms with E-state index < -0.39 is 6.10 Å². The number of nitrogens with zero attached hydrogens (tertiary/aromatic N) is 3. The fourth-order valence-electron chi connectivity index (χ4n) is 3.02. The van der Waals surface area contributed by atoms with E-state index in [4.69, 9.17) is 5.11 Å². The lowest BCUT2D eigenvalue weighted by Gasteiger charge is -2.17. The molecule has 1 atom stereocenters. The highest BCUT2D eigenvalue weighted by Crippen LogP contribution is 2.26. The quantitative estimate of drug-likeness (QED) is 0.644. The SMILES string of the molecule is CCCCN(C)Cc1cnn(CCCC(O)CO)c1-c1ccc(F)cc1. The van der Waals surface area contributed by atoms with Gasteiger partial charge in [-0.1, -0.05) is 13.3 Å². The molecule has 0 aliphatic carbocycles. The maximum Gasteiger partial charge on any atom is 0.123 e. The first-order valence-corrected chi connectivity index (χ1v) is 9.33. The Morgan fingerprint density at radius 3 is 2.62 bits per heavy atom. The highest BCUT2D eigenvalue weighted by molar-refractivity contribution is 5.63. The Hall–Kier alpha value is -1.76. The van der Waals surface area contributed by atoms with E-state index in [1.165, 1.54) is 12.1 Å². The van der Waals surface area contributed by atoms with Crippen LogP contribution in [0.3, 0.4) is 0 Å². The fourth-order valence-corrected chi connectivity index (χ4v) is 3.02. The standard InChI is InChI=1S/C20H30FN3O2/c1-3-4-11-23(2)14-17-13-22-24(12-5-6-19(26)15-25)20(17)16-7-9-18(21)10-8-16/h7-10,13,19,25-26H,3-6,11-12,14-15H2,1-2H3. The summed E-state index contributed by atoms with van der Waals surface area (Å²) in [6.45, 7) is 4.40. The molecule has 0 amide bonds. The molecule has 6 heteroatoms. The van der Waals surface area contributed by atoms with E-state index in [2.05, 4.69) is 24.0 Å². The number of aromatic nitrogens is 2. The van der Waals surface area contributed by atoms with E-state index >= 15 is 0 Å². The van der Waals surface area contributed by atoms with Gasteiger partial charge in [-0.25, -0.2) is 4.39 Å². The summed E-state index contributed by atoms with van der Waals surface area (Å²) in [4.78, 5) is 2.27. The Balaban J connectivity index is 2.20. The van der Waals surface area contributed by atoms with Crippen LogP contribution in [0.4, 0.5) is 4.39 Å². The van der Waals surface area contributed by atoms with Gasteiger partial charge in [0, 0.05) is 24.2 Å². The zero-order chi connectivity index (χ0) is 18.9. The lowest BCUT2D eigenvalue weighted by molar-refractivity contribution is 0.0854. The molecule has 0 fully saturated rings. The van der Waals surface area contributed by atoms with Crippen molar-refractivity contribution in [3.8, 4) is 11.3 Å². The van der Waals surface area contributed by atoms with E-state index in [0.717, 1.165) is 42.8 Å². The van der Waals surface area contributed by atoms with Crippen molar-refractivity contribution in [3.63, 3.8) is 0 Å². The molecule has 2 aromatic rings. The molecule has 144 valence electrons. The Kier molecular flexibility index (Phi) is 8.22. The van der Waals surface area contributed by atoms with Crippen molar-refractivity contribution < 1.29 is 14.6 Å². The topological polar surface area (TPSA) is 61.5 Å². The van der Waals surface area contributed by atoms with Crippen LogP contribution in [0.1, 0.15) is 38.2 Å². The van der Waals surface area contributed by atoms with Crippen molar-refractivity contribution in [1.29, 1.82) is 0 Å². The number of aryl methyl sites for hydroxylation is 1.